The second-order valence-electron chi connectivity index (χ2n) is 6.66. The van der Waals surface area contributed by atoms with Gasteiger partial charge in [-0.1, -0.05) is 31.2 Å². The SMILES string of the molecule is C[C@H]1CCCN(C(=O)CN2C(=O)c3cccc4cccc2c34)C1. The van der Waals surface area contributed by atoms with Crippen molar-refractivity contribution in [2.45, 2.75) is 19.8 Å². The van der Waals surface area contributed by atoms with E-state index in [0.717, 1.165) is 36.0 Å². The van der Waals surface area contributed by atoms with E-state index in [0.29, 0.717) is 11.5 Å². The van der Waals surface area contributed by atoms with E-state index < -0.39 is 0 Å². The van der Waals surface area contributed by atoms with Crippen LogP contribution in [0.4, 0.5) is 5.69 Å². The highest BCUT2D eigenvalue weighted by Gasteiger charge is 2.32. The Hall–Kier alpha value is -2.36. The normalized spacial score (nSPS) is 20.4. The summed E-state index contributed by atoms with van der Waals surface area (Å²) in [7, 11) is 0. The van der Waals surface area contributed by atoms with Crippen molar-refractivity contribution in [3.8, 4) is 0 Å². The summed E-state index contributed by atoms with van der Waals surface area (Å²) in [6.07, 6.45) is 2.23. The van der Waals surface area contributed by atoms with E-state index in [2.05, 4.69) is 6.92 Å². The van der Waals surface area contributed by atoms with Crippen molar-refractivity contribution in [1.29, 1.82) is 0 Å². The number of hydrogen-bond acceptors (Lipinski definition) is 2. The lowest BCUT2D eigenvalue weighted by atomic mass is 10.0. The summed E-state index contributed by atoms with van der Waals surface area (Å²) in [5, 5.41) is 2.02. The largest absolute Gasteiger partial charge is 0.341 e. The van der Waals surface area contributed by atoms with Gasteiger partial charge >= 0.3 is 0 Å². The molecule has 0 unspecified atom stereocenters. The molecule has 118 valence electrons. The minimum Gasteiger partial charge on any atom is -0.341 e. The maximum Gasteiger partial charge on any atom is 0.259 e. The van der Waals surface area contributed by atoms with Crippen LogP contribution in [-0.2, 0) is 4.79 Å². The summed E-state index contributed by atoms with van der Waals surface area (Å²) >= 11 is 0. The number of nitrogens with zero attached hydrogens (tertiary/aromatic N) is 2. The van der Waals surface area contributed by atoms with Gasteiger partial charge in [0.05, 0.1) is 5.69 Å². The molecule has 1 saturated heterocycles. The maximum absolute atomic E-state index is 12.7. The molecule has 2 aliphatic heterocycles. The molecular formula is C19H20N2O2. The Morgan fingerprint density at radius 1 is 1.22 bits per heavy atom. The third-order valence-corrected chi connectivity index (χ3v) is 4.95. The fourth-order valence-electron chi connectivity index (χ4n) is 3.79. The lowest BCUT2D eigenvalue weighted by molar-refractivity contribution is -0.131. The number of anilines is 1. The highest BCUT2D eigenvalue weighted by Crippen LogP contribution is 2.37. The van der Waals surface area contributed by atoms with Crippen LogP contribution in [0, 0.1) is 5.92 Å². The Labute approximate surface area is 135 Å². The zero-order valence-electron chi connectivity index (χ0n) is 13.3. The summed E-state index contributed by atoms with van der Waals surface area (Å²) in [6.45, 7) is 3.93. The number of amides is 2. The van der Waals surface area contributed by atoms with E-state index in [9.17, 15) is 9.59 Å². The Morgan fingerprint density at radius 3 is 2.78 bits per heavy atom. The maximum atomic E-state index is 12.7. The first-order valence-corrected chi connectivity index (χ1v) is 8.26. The first kappa shape index (κ1) is 14.2. The highest BCUT2D eigenvalue weighted by molar-refractivity contribution is 6.26. The molecule has 2 aliphatic rings. The summed E-state index contributed by atoms with van der Waals surface area (Å²) in [5.41, 5.74) is 1.57. The molecule has 0 bridgehead atoms. The van der Waals surface area contributed by atoms with Gasteiger partial charge in [-0.25, -0.2) is 0 Å². The van der Waals surface area contributed by atoms with Gasteiger partial charge < -0.3 is 4.90 Å². The van der Waals surface area contributed by atoms with Crippen molar-refractivity contribution < 1.29 is 9.59 Å². The average molecular weight is 308 g/mol. The van der Waals surface area contributed by atoms with E-state index in [4.69, 9.17) is 0 Å². The van der Waals surface area contributed by atoms with Gasteiger partial charge in [-0.3, -0.25) is 14.5 Å². The highest BCUT2D eigenvalue weighted by atomic mass is 16.2. The lowest BCUT2D eigenvalue weighted by Crippen LogP contribution is -2.45. The van der Waals surface area contributed by atoms with Crippen LogP contribution in [0.15, 0.2) is 36.4 Å². The molecule has 1 fully saturated rings. The van der Waals surface area contributed by atoms with Gasteiger partial charge in [-0.05, 0) is 36.3 Å². The van der Waals surface area contributed by atoms with Gasteiger partial charge in [0.15, 0.2) is 0 Å². The number of benzene rings is 2. The van der Waals surface area contributed by atoms with Crippen LogP contribution in [0.3, 0.4) is 0 Å². The monoisotopic (exact) mass is 308 g/mol. The average Bonchev–Trinajstić information content (AvgIpc) is 2.83. The van der Waals surface area contributed by atoms with Crippen molar-refractivity contribution in [3.63, 3.8) is 0 Å². The van der Waals surface area contributed by atoms with E-state index >= 15 is 0 Å². The zero-order chi connectivity index (χ0) is 16.0. The van der Waals surface area contributed by atoms with Crippen LogP contribution in [0.25, 0.3) is 10.8 Å². The molecule has 0 radical (unpaired) electrons. The summed E-state index contributed by atoms with van der Waals surface area (Å²) < 4.78 is 0. The summed E-state index contributed by atoms with van der Waals surface area (Å²) in [4.78, 5) is 28.9. The third-order valence-electron chi connectivity index (χ3n) is 4.95. The molecule has 4 heteroatoms. The Kier molecular flexibility index (Phi) is 3.33. The number of carbonyl (C=O) groups excluding carboxylic acids is 2. The number of likely N-dealkylation sites (tertiary alicyclic amines) is 1. The minimum absolute atomic E-state index is 0.0507. The molecule has 0 N–H and O–H groups in total. The molecular weight excluding hydrogens is 288 g/mol. The van der Waals surface area contributed by atoms with Crippen molar-refractivity contribution in [2.24, 2.45) is 5.92 Å². The molecule has 0 spiro atoms. The molecule has 0 aliphatic carbocycles. The molecule has 4 nitrogen and oxygen atoms in total. The van der Waals surface area contributed by atoms with Crippen LogP contribution >= 0.6 is 0 Å². The fraction of sp³-hybridized carbons (Fsp3) is 0.368. The van der Waals surface area contributed by atoms with E-state index in [1.165, 1.54) is 6.42 Å². The molecule has 2 aromatic carbocycles. The van der Waals surface area contributed by atoms with Crippen LogP contribution in [-0.4, -0.2) is 36.3 Å². The Bertz CT molecular complexity index is 794. The van der Waals surface area contributed by atoms with E-state index in [1.54, 1.807) is 4.90 Å². The third kappa shape index (κ3) is 2.29. The van der Waals surface area contributed by atoms with Crippen LogP contribution in [0.5, 0.6) is 0 Å². The summed E-state index contributed by atoms with van der Waals surface area (Å²) in [6, 6.07) is 11.6. The van der Waals surface area contributed by atoms with E-state index in [1.807, 2.05) is 41.3 Å². The molecule has 0 saturated carbocycles. The van der Waals surface area contributed by atoms with Crippen LogP contribution < -0.4 is 4.90 Å². The van der Waals surface area contributed by atoms with Crippen molar-refractivity contribution in [2.75, 3.05) is 24.5 Å². The predicted octanol–water partition coefficient (Wildman–Crippen LogP) is 3.06. The topological polar surface area (TPSA) is 40.6 Å². The van der Waals surface area contributed by atoms with Gasteiger partial charge in [-0.2, -0.15) is 0 Å². The quantitative estimate of drug-likeness (QED) is 0.855. The van der Waals surface area contributed by atoms with Gasteiger partial charge in [0.25, 0.3) is 5.91 Å². The zero-order valence-corrected chi connectivity index (χ0v) is 13.3. The van der Waals surface area contributed by atoms with Gasteiger partial charge in [0, 0.05) is 24.0 Å². The molecule has 23 heavy (non-hydrogen) atoms. The summed E-state index contributed by atoms with van der Waals surface area (Å²) in [5.74, 6) is 0.535. The standard InChI is InChI=1S/C19H20N2O2/c1-13-5-4-10-20(11-13)17(22)12-21-16-9-3-7-14-6-2-8-15(18(14)16)19(21)23/h2-3,6-9,13H,4-5,10-12H2,1H3/t13-/m0/s1. The van der Waals surface area contributed by atoms with Crippen LogP contribution in [0.1, 0.15) is 30.1 Å². The minimum atomic E-state index is -0.0600. The van der Waals surface area contributed by atoms with Crippen LogP contribution in [0.2, 0.25) is 0 Å². The van der Waals surface area contributed by atoms with Gasteiger partial charge in [0.1, 0.15) is 6.54 Å². The number of carbonyl (C=O) groups is 2. The second-order valence-corrected chi connectivity index (χ2v) is 6.66. The van der Waals surface area contributed by atoms with Gasteiger partial charge in [-0.15, -0.1) is 0 Å². The molecule has 0 aromatic heterocycles. The number of piperidine rings is 1. The Balaban J connectivity index is 1.63. The molecule has 2 aromatic rings. The first-order chi connectivity index (χ1) is 11.1. The molecule has 2 amide bonds. The number of rotatable bonds is 2. The first-order valence-electron chi connectivity index (χ1n) is 8.26. The molecule has 4 rings (SSSR count). The van der Waals surface area contributed by atoms with Gasteiger partial charge in [0.2, 0.25) is 5.91 Å². The fourth-order valence-corrected chi connectivity index (χ4v) is 3.79. The van der Waals surface area contributed by atoms with Crippen molar-refractivity contribution >= 4 is 28.3 Å². The van der Waals surface area contributed by atoms with Crippen molar-refractivity contribution in [3.05, 3.63) is 42.0 Å². The predicted molar refractivity (Wildman–Crippen MR) is 90.6 cm³/mol. The number of hydrogen-bond donors (Lipinski definition) is 0. The molecule has 1 atom stereocenters. The lowest BCUT2D eigenvalue weighted by Gasteiger charge is -2.32. The van der Waals surface area contributed by atoms with E-state index in [-0.39, 0.29) is 18.4 Å². The molecule has 2 heterocycles. The second kappa shape index (κ2) is 5.37. The van der Waals surface area contributed by atoms with Crippen molar-refractivity contribution in [1.82, 2.24) is 4.90 Å². The Morgan fingerprint density at radius 2 is 2.00 bits per heavy atom. The smallest absolute Gasteiger partial charge is 0.259 e.